The zero-order valence-electron chi connectivity index (χ0n) is 12.0. The molecule has 114 valence electrons. The van der Waals surface area contributed by atoms with Crippen LogP contribution in [0.4, 0.5) is 4.39 Å². The molecular formula is C15H19FIN3O. The van der Waals surface area contributed by atoms with Crippen molar-refractivity contribution < 1.29 is 8.81 Å². The second-order valence-corrected chi connectivity index (χ2v) is 4.46. The van der Waals surface area contributed by atoms with Gasteiger partial charge in [0.15, 0.2) is 5.96 Å². The summed E-state index contributed by atoms with van der Waals surface area (Å²) < 4.78 is 18.1. The molecule has 1 aromatic heterocycles. The lowest BCUT2D eigenvalue weighted by atomic mass is 10.2. The largest absolute Gasteiger partial charge is 0.467 e. The first-order valence-electron chi connectivity index (χ1n) is 6.37. The van der Waals surface area contributed by atoms with Gasteiger partial charge in [0, 0.05) is 20.6 Å². The van der Waals surface area contributed by atoms with Crippen molar-refractivity contribution in [2.45, 2.75) is 13.1 Å². The molecule has 0 radical (unpaired) electrons. The Balaban J connectivity index is 0.00000220. The van der Waals surface area contributed by atoms with Crippen molar-refractivity contribution in [1.82, 2.24) is 10.2 Å². The van der Waals surface area contributed by atoms with Gasteiger partial charge < -0.3 is 14.6 Å². The van der Waals surface area contributed by atoms with E-state index in [4.69, 9.17) is 4.42 Å². The molecule has 1 aromatic carbocycles. The molecule has 0 saturated carbocycles. The molecule has 0 atom stereocenters. The molecule has 2 rings (SSSR count). The van der Waals surface area contributed by atoms with E-state index in [-0.39, 0.29) is 29.8 Å². The number of nitrogens with zero attached hydrogens (tertiary/aromatic N) is 2. The molecular weight excluding hydrogens is 384 g/mol. The van der Waals surface area contributed by atoms with Crippen molar-refractivity contribution in [3.05, 3.63) is 59.8 Å². The third-order valence-electron chi connectivity index (χ3n) is 2.91. The Kier molecular flexibility index (Phi) is 7.21. The highest BCUT2D eigenvalue weighted by molar-refractivity contribution is 14.0. The van der Waals surface area contributed by atoms with E-state index in [0.717, 1.165) is 17.3 Å². The maximum absolute atomic E-state index is 12.9. The van der Waals surface area contributed by atoms with Crippen molar-refractivity contribution >= 4 is 29.9 Å². The molecule has 0 amide bonds. The average molecular weight is 403 g/mol. The van der Waals surface area contributed by atoms with Crippen molar-refractivity contribution in [3.63, 3.8) is 0 Å². The van der Waals surface area contributed by atoms with Gasteiger partial charge in [0.25, 0.3) is 0 Å². The van der Waals surface area contributed by atoms with Crippen LogP contribution in [0.5, 0.6) is 0 Å². The molecule has 6 heteroatoms. The number of halogens is 2. The Hall–Kier alpha value is -1.57. The van der Waals surface area contributed by atoms with Crippen molar-refractivity contribution in [1.29, 1.82) is 0 Å². The lowest BCUT2D eigenvalue weighted by molar-refractivity contribution is 0.459. The van der Waals surface area contributed by atoms with E-state index in [9.17, 15) is 4.39 Å². The minimum absolute atomic E-state index is 0. The van der Waals surface area contributed by atoms with E-state index >= 15 is 0 Å². The number of benzene rings is 1. The van der Waals surface area contributed by atoms with Crippen LogP contribution >= 0.6 is 24.0 Å². The Morgan fingerprint density at radius 1 is 1.29 bits per heavy atom. The fourth-order valence-corrected chi connectivity index (χ4v) is 1.90. The zero-order valence-corrected chi connectivity index (χ0v) is 14.4. The molecule has 0 saturated heterocycles. The normalized spacial score (nSPS) is 10.9. The molecule has 1 heterocycles. The number of nitrogens with one attached hydrogen (secondary N) is 1. The van der Waals surface area contributed by atoms with Crippen molar-refractivity contribution in [2.75, 3.05) is 14.1 Å². The summed E-state index contributed by atoms with van der Waals surface area (Å²) in [6, 6.07) is 10.2. The second-order valence-electron chi connectivity index (χ2n) is 4.46. The first-order valence-corrected chi connectivity index (χ1v) is 6.37. The fourth-order valence-electron chi connectivity index (χ4n) is 1.90. The maximum atomic E-state index is 12.9. The topological polar surface area (TPSA) is 40.8 Å². The molecule has 0 aliphatic carbocycles. The molecule has 0 bridgehead atoms. The molecule has 0 aliphatic heterocycles. The third kappa shape index (κ3) is 5.37. The molecule has 2 aromatic rings. The van der Waals surface area contributed by atoms with Crippen LogP contribution in [0.1, 0.15) is 11.3 Å². The molecule has 1 N–H and O–H groups in total. The van der Waals surface area contributed by atoms with Crippen LogP contribution in [0.25, 0.3) is 0 Å². The summed E-state index contributed by atoms with van der Waals surface area (Å²) in [5, 5.41) is 3.21. The van der Waals surface area contributed by atoms with E-state index in [1.54, 1.807) is 25.4 Å². The number of furan rings is 1. The monoisotopic (exact) mass is 403 g/mol. The van der Waals surface area contributed by atoms with Crippen LogP contribution in [0, 0.1) is 5.82 Å². The van der Waals surface area contributed by atoms with Gasteiger partial charge in [0.1, 0.15) is 11.6 Å². The Bertz CT molecular complexity index is 555. The molecule has 21 heavy (non-hydrogen) atoms. The summed E-state index contributed by atoms with van der Waals surface area (Å²) in [5.74, 6) is 1.38. The summed E-state index contributed by atoms with van der Waals surface area (Å²) >= 11 is 0. The number of aliphatic imine (C=N–C) groups is 1. The Morgan fingerprint density at radius 2 is 2.00 bits per heavy atom. The van der Waals surface area contributed by atoms with Gasteiger partial charge in [-0.25, -0.2) is 4.39 Å². The lowest BCUT2D eigenvalue weighted by Crippen LogP contribution is -2.37. The highest BCUT2D eigenvalue weighted by Gasteiger charge is 2.07. The first kappa shape index (κ1) is 17.5. The summed E-state index contributed by atoms with van der Waals surface area (Å²) in [5.41, 5.74) is 1.02. The van der Waals surface area contributed by atoms with Crippen molar-refractivity contribution in [3.8, 4) is 0 Å². The molecule has 0 fully saturated rings. The smallest absolute Gasteiger partial charge is 0.194 e. The summed E-state index contributed by atoms with van der Waals surface area (Å²) in [7, 11) is 3.66. The standard InChI is InChI=1S/C15H18FN3O.HI/c1-17-15(18-10-14-4-3-9-20-14)19(2)11-12-5-7-13(16)8-6-12;/h3-9H,10-11H2,1-2H3,(H,17,18);1H. The van der Waals surface area contributed by atoms with Gasteiger partial charge in [-0.2, -0.15) is 0 Å². The van der Waals surface area contributed by atoms with Crippen LogP contribution in [-0.4, -0.2) is 25.0 Å². The highest BCUT2D eigenvalue weighted by Crippen LogP contribution is 2.06. The Morgan fingerprint density at radius 3 is 2.57 bits per heavy atom. The number of hydrogen-bond acceptors (Lipinski definition) is 2. The maximum Gasteiger partial charge on any atom is 0.194 e. The number of guanidine groups is 1. The summed E-state index contributed by atoms with van der Waals surface area (Å²) in [6.07, 6.45) is 1.64. The van der Waals surface area contributed by atoms with Gasteiger partial charge in [-0.3, -0.25) is 4.99 Å². The minimum Gasteiger partial charge on any atom is -0.467 e. The summed E-state index contributed by atoms with van der Waals surface area (Å²) in [6.45, 7) is 1.23. The van der Waals surface area contributed by atoms with Gasteiger partial charge in [0.2, 0.25) is 0 Å². The van der Waals surface area contributed by atoms with Crippen LogP contribution in [0.3, 0.4) is 0 Å². The zero-order chi connectivity index (χ0) is 14.4. The number of hydrogen-bond donors (Lipinski definition) is 1. The quantitative estimate of drug-likeness (QED) is 0.484. The van der Waals surface area contributed by atoms with Crippen LogP contribution in [-0.2, 0) is 13.1 Å². The Labute approximate surface area is 141 Å². The van der Waals surface area contributed by atoms with Gasteiger partial charge in [-0.05, 0) is 29.8 Å². The van der Waals surface area contributed by atoms with Crippen LogP contribution < -0.4 is 5.32 Å². The van der Waals surface area contributed by atoms with Gasteiger partial charge in [0.05, 0.1) is 12.8 Å². The van der Waals surface area contributed by atoms with Crippen molar-refractivity contribution in [2.24, 2.45) is 4.99 Å². The molecule has 4 nitrogen and oxygen atoms in total. The van der Waals surface area contributed by atoms with E-state index < -0.39 is 0 Å². The predicted molar refractivity (Wildman–Crippen MR) is 92.2 cm³/mol. The fraction of sp³-hybridized carbons (Fsp3) is 0.267. The van der Waals surface area contributed by atoms with E-state index in [0.29, 0.717) is 13.1 Å². The molecule has 0 unspecified atom stereocenters. The number of rotatable bonds is 4. The van der Waals surface area contributed by atoms with E-state index in [2.05, 4.69) is 10.3 Å². The summed E-state index contributed by atoms with van der Waals surface area (Å²) in [4.78, 5) is 6.19. The predicted octanol–water partition coefficient (Wildman–Crippen LogP) is 3.24. The molecule has 0 aliphatic rings. The van der Waals surface area contributed by atoms with Crippen LogP contribution in [0.2, 0.25) is 0 Å². The third-order valence-corrected chi connectivity index (χ3v) is 2.91. The first-order chi connectivity index (χ1) is 9.69. The van der Waals surface area contributed by atoms with Gasteiger partial charge in [-0.15, -0.1) is 24.0 Å². The average Bonchev–Trinajstić information content (AvgIpc) is 2.95. The van der Waals surface area contributed by atoms with Gasteiger partial charge in [-0.1, -0.05) is 12.1 Å². The van der Waals surface area contributed by atoms with Gasteiger partial charge >= 0.3 is 0 Å². The van der Waals surface area contributed by atoms with E-state index in [1.165, 1.54) is 12.1 Å². The second kappa shape index (κ2) is 8.66. The lowest BCUT2D eigenvalue weighted by Gasteiger charge is -2.21. The van der Waals surface area contributed by atoms with Crippen LogP contribution in [0.15, 0.2) is 52.1 Å². The SMILES string of the molecule is CN=C(NCc1ccco1)N(C)Cc1ccc(F)cc1.I. The van der Waals surface area contributed by atoms with E-state index in [1.807, 2.05) is 24.1 Å². The highest BCUT2D eigenvalue weighted by atomic mass is 127. The molecule has 0 spiro atoms. The minimum atomic E-state index is -0.225.